The van der Waals surface area contributed by atoms with E-state index in [1.165, 1.54) is 9.36 Å². The molecule has 2 N–H and O–H groups in total. The molecular formula is C26H28N6O2. The van der Waals surface area contributed by atoms with Gasteiger partial charge < -0.3 is 10.6 Å². The van der Waals surface area contributed by atoms with E-state index >= 15 is 0 Å². The maximum atomic E-state index is 13.8. The fraction of sp³-hybridized carbons (Fsp3) is 0.346. The molecule has 1 atom stereocenters. The number of hydrogen-bond acceptors (Lipinski definition) is 5. The van der Waals surface area contributed by atoms with Gasteiger partial charge in [-0.25, -0.2) is 14.3 Å². The molecule has 0 saturated carbocycles. The van der Waals surface area contributed by atoms with Gasteiger partial charge in [0.25, 0.3) is 11.1 Å². The molecule has 0 amide bonds. The summed E-state index contributed by atoms with van der Waals surface area (Å²) in [5.74, 6) is 6.53. The van der Waals surface area contributed by atoms with Gasteiger partial charge in [0.1, 0.15) is 5.52 Å². The first kappa shape index (κ1) is 22.0. The number of benzene rings is 2. The predicted molar refractivity (Wildman–Crippen MR) is 135 cm³/mol. The molecule has 0 bridgehead atoms. The number of aromatic nitrogens is 4. The Labute approximate surface area is 197 Å². The van der Waals surface area contributed by atoms with Gasteiger partial charge in [0.2, 0.25) is 5.95 Å². The minimum Gasteiger partial charge on any atom is -0.341 e. The first-order chi connectivity index (χ1) is 16.5. The topological polar surface area (TPSA) is 91.1 Å². The molecule has 5 rings (SSSR count). The second-order valence-corrected chi connectivity index (χ2v) is 8.80. The first-order valence-electron chi connectivity index (χ1n) is 11.6. The molecule has 0 radical (unpaired) electrons. The van der Waals surface area contributed by atoms with Crippen LogP contribution in [0, 0.1) is 11.8 Å². The largest absolute Gasteiger partial charge is 0.341 e. The quantitative estimate of drug-likeness (QED) is 0.475. The van der Waals surface area contributed by atoms with E-state index in [-0.39, 0.29) is 35.8 Å². The van der Waals surface area contributed by atoms with Crippen LogP contribution < -0.4 is 21.8 Å². The van der Waals surface area contributed by atoms with Crippen LogP contribution in [-0.4, -0.2) is 38.0 Å². The van der Waals surface area contributed by atoms with Gasteiger partial charge in [-0.2, -0.15) is 0 Å². The van der Waals surface area contributed by atoms with Crippen molar-refractivity contribution < 1.29 is 0 Å². The molecular weight excluding hydrogens is 428 g/mol. The van der Waals surface area contributed by atoms with Gasteiger partial charge in [-0.1, -0.05) is 48.4 Å². The molecule has 34 heavy (non-hydrogen) atoms. The third-order valence-corrected chi connectivity index (χ3v) is 6.60. The number of hydrogen-bond donors (Lipinski definition) is 1. The minimum atomic E-state index is -0.305. The Bertz CT molecular complexity index is 1560. The number of fused-ring (bicyclic) bond motifs is 2. The molecule has 0 aliphatic carbocycles. The predicted octanol–water partition coefficient (Wildman–Crippen LogP) is 2.05. The third-order valence-electron chi connectivity index (χ3n) is 6.60. The zero-order valence-electron chi connectivity index (χ0n) is 19.5. The van der Waals surface area contributed by atoms with Gasteiger partial charge in [-0.3, -0.25) is 14.2 Å². The van der Waals surface area contributed by atoms with Crippen LogP contribution in [0.4, 0.5) is 5.95 Å². The lowest BCUT2D eigenvalue weighted by molar-refractivity contribution is 0.495. The van der Waals surface area contributed by atoms with Crippen molar-refractivity contribution >= 4 is 27.8 Å². The van der Waals surface area contributed by atoms with E-state index in [1.807, 2.05) is 42.5 Å². The molecule has 1 saturated heterocycles. The van der Waals surface area contributed by atoms with Gasteiger partial charge in [0, 0.05) is 26.2 Å². The highest BCUT2D eigenvalue weighted by Gasteiger charge is 2.26. The monoisotopic (exact) mass is 456 g/mol. The van der Waals surface area contributed by atoms with Crippen LogP contribution in [0.3, 0.4) is 0 Å². The van der Waals surface area contributed by atoms with Crippen molar-refractivity contribution in [3.8, 4) is 11.8 Å². The lowest BCUT2D eigenvalue weighted by Gasteiger charge is -2.31. The zero-order chi connectivity index (χ0) is 23.8. The van der Waals surface area contributed by atoms with E-state index < -0.39 is 0 Å². The summed E-state index contributed by atoms with van der Waals surface area (Å²) in [5, 5.41) is 2.14. The summed E-state index contributed by atoms with van der Waals surface area (Å²) in [4.78, 5) is 34.0. The zero-order valence-corrected chi connectivity index (χ0v) is 19.5. The van der Waals surface area contributed by atoms with Gasteiger partial charge in [0.15, 0.2) is 5.52 Å². The maximum absolute atomic E-state index is 13.8. The Hall–Kier alpha value is -3.83. The lowest BCUT2D eigenvalue weighted by Crippen LogP contribution is -2.44. The maximum Gasteiger partial charge on any atom is 0.293 e. The van der Waals surface area contributed by atoms with E-state index in [2.05, 4.69) is 21.7 Å². The fourth-order valence-corrected chi connectivity index (χ4v) is 4.84. The first-order valence-corrected chi connectivity index (χ1v) is 11.6. The Morgan fingerprint density at radius 1 is 1.12 bits per heavy atom. The fourth-order valence-electron chi connectivity index (χ4n) is 4.84. The second kappa shape index (κ2) is 8.84. The molecule has 3 heterocycles. The van der Waals surface area contributed by atoms with E-state index in [4.69, 9.17) is 5.73 Å². The average molecular weight is 457 g/mol. The van der Waals surface area contributed by atoms with Crippen LogP contribution in [0.25, 0.3) is 21.8 Å². The smallest absolute Gasteiger partial charge is 0.293 e. The summed E-state index contributed by atoms with van der Waals surface area (Å²) < 4.78 is 4.66. The molecule has 8 nitrogen and oxygen atoms in total. The molecule has 8 heteroatoms. The van der Waals surface area contributed by atoms with Gasteiger partial charge in [-0.05, 0) is 36.1 Å². The van der Waals surface area contributed by atoms with Crippen molar-refractivity contribution in [3.05, 3.63) is 68.7 Å². The summed E-state index contributed by atoms with van der Waals surface area (Å²) in [6, 6.07) is 14.1. The van der Waals surface area contributed by atoms with E-state index in [9.17, 15) is 9.59 Å². The van der Waals surface area contributed by atoms with Crippen LogP contribution in [-0.2, 0) is 20.1 Å². The normalized spacial score (nSPS) is 16.1. The van der Waals surface area contributed by atoms with Crippen LogP contribution in [0.5, 0.6) is 0 Å². The highest BCUT2D eigenvalue weighted by Crippen LogP contribution is 2.23. The molecule has 174 valence electrons. The Morgan fingerprint density at radius 3 is 2.71 bits per heavy atom. The summed E-state index contributed by atoms with van der Waals surface area (Å²) in [6.07, 6.45) is 1.89. The molecule has 4 aromatic rings. The van der Waals surface area contributed by atoms with E-state index in [0.29, 0.717) is 18.0 Å². The number of rotatable bonds is 4. The van der Waals surface area contributed by atoms with Gasteiger partial charge in [-0.15, -0.1) is 5.92 Å². The molecule has 1 aliphatic rings. The molecule has 1 fully saturated rings. The summed E-state index contributed by atoms with van der Waals surface area (Å²) in [7, 11) is 1.62. The Balaban J connectivity index is 1.72. The SMILES string of the molecule is CC#CCn1c(N2CCC[C@@H](N)C2)nc2c(=O)n(C)n(Cc3cccc4ccccc34)c(=O)c21. The number of anilines is 1. The van der Waals surface area contributed by atoms with E-state index in [0.717, 1.165) is 35.7 Å². The van der Waals surface area contributed by atoms with Crippen molar-refractivity contribution in [1.82, 2.24) is 18.9 Å². The van der Waals surface area contributed by atoms with Crippen molar-refractivity contribution in [3.63, 3.8) is 0 Å². The third kappa shape index (κ3) is 3.68. The summed E-state index contributed by atoms with van der Waals surface area (Å²) >= 11 is 0. The second-order valence-electron chi connectivity index (χ2n) is 8.80. The van der Waals surface area contributed by atoms with Gasteiger partial charge in [0.05, 0.1) is 13.1 Å². The van der Waals surface area contributed by atoms with Crippen LogP contribution in [0.15, 0.2) is 52.1 Å². The highest BCUT2D eigenvalue weighted by atomic mass is 16.2. The number of nitrogens with zero attached hydrogens (tertiary/aromatic N) is 5. The summed E-state index contributed by atoms with van der Waals surface area (Å²) in [6.45, 7) is 3.73. The Morgan fingerprint density at radius 2 is 1.91 bits per heavy atom. The van der Waals surface area contributed by atoms with Crippen LogP contribution >= 0.6 is 0 Å². The Kier molecular flexibility index (Phi) is 5.72. The van der Waals surface area contributed by atoms with E-state index in [1.54, 1.807) is 18.5 Å². The number of piperidine rings is 1. The number of imidazole rings is 1. The summed E-state index contributed by atoms with van der Waals surface area (Å²) in [5.41, 5.74) is 7.08. The van der Waals surface area contributed by atoms with Gasteiger partial charge >= 0.3 is 0 Å². The van der Waals surface area contributed by atoms with Crippen molar-refractivity contribution in [2.45, 2.75) is 38.9 Å². The number of nitrogens with two attached hydrogens (primary N) is 1. The van der Waals surface area contributed by atoms with Crippen LogP contribution in [0.1, 0.15) is 25.3 Å². The molecule has 2 aromatic heterocycles. The van der Waals surface area contributed by atoms with Crippen LogP contribution in [0.2, 0.25) is 0 Å². The molecule has 0 unspecified atom stereocenters. The van der Waals surface area contributed by atoms with Crippen molar-refractivity contribution in [2.24, 2.45) is 12.8 Å². The average Bonchev–Trinajstić information content (AvgIpc) is 3.24. The molecule has 1 aliphatic heterocycles. The molecule has 2 aromatic carbocycles. The highest BCUT2D eigenvalue weighted by molar-refractivity contribution is 5.85. The lowest BCUT2D eigenvalue weighted by atomic mass is 10.0. The minimum absolute atomic E-state index is 0.0325. The standard InChI is InChI=1S/C26H28N6O2/c1-3-4-15-31-23-22(28-26(31)30-14-8-12-20(27)17-30)24(33)29(2)32(25(23)34)16-19-11-7-10-18-9-5-6-13-21(18)19/h5-7,9-11,13,20H,8,12,14-17,27H2,1-2H3/t20-/m1/s1. The molecule has 0 spiro atoms. The van der Waals surface area contributed by atoms with Crippen molar-refractivity contribution in [1.29, 1.82) is 0 Å². The van der Waals surface area contributed by atoms with Crippen molar-refractivity contribution in [2.75, 3.05) is 18.0 Å².